The van der Waals surface area contributed by atoms with Gasteiger partial charge in [-0.15, -0.1) is 22.9 Å². The van der Waals surface area contributed by atoms with Gasteiger partial charge in [0.15, 0.2) is 0 Å². The van der Waals surface area contributed by atoms with Crippen LogP contribution in [0.1, 0.15) is 11.9 Å². The Morgan fingerprint density at radius 2 is 2.25 bits per heavy atom. The Morgan fingerprint density at radius 3 is 2.88 bits per heavy atom. The number of aromatic nitrogens is 1. The van der Waals surface area contributed by atoms with E-state index >= 15 is 0 Å². The van der Waals surface area contributed by atoms with Crippen molar-refractivity contribution in [3.63, 3.8) is 0 Å². The average molecular weight is 249 g/mol. The van der Waals surface area contributed by atoms with Crippen LogP contribution in [0.15, 0.2) is 29.8 Å². The fourth-order valence-corrected chi connectivity index (χ4v) is 2.54. The summed E-state index contributed by atoms with van der Waals surface area (Å²) in [4.78, 5) is 4.43. The summed E-state index contributed by atoms with van der Waals surface area (Å²) in [5, 5.41) is 9.86. The van der Waals surface area contributed by atoms with Crippen LogP contribution in [0.2, 0.25) is 0 Å². The SMILES string of the molecule is CC(CCl)=C(C#N)c1nc2ccccc2s1. The summed E-state index contributed by atoms with van der Waals surface area (Å²) >= 11 is 7.27. The summed E-state index contributed by atoms with van der Waals surface area (Å²) in [6.07, 6.45) is 0. The van der Waals surface area contributed by atoms with E-state index < -0.39 is 0 Å². The molecule has 0 amide bonds. The maximum atomic E-state index is 9.11. The first-order valence-electron chi connectivity index (χ1n) is 4.78. The summed E-state index contributed by atoms with van der Waals surface area (Å²) < 4.78 is 1.09. The zero-order valence-corrected chi connectivity index (χ0v) is 10.3. The van der Waals surface area contributed by atoms with Gasteiger partial charge in [-0.25, -0.2) is 4.98 Å². The second-order valence-electron chi connectivity index (χ2n) is 3.39. The standard InChI is InChI=1S/C12H9ClN2S/c1-8(6-13)9(7-14)12-15-10-4-2-3-5-11(10)16-12/h2-5H,6H2,1H3. The molecule has 1 heterocycles. The molecular weight excluding hydrogens is 240 g/mol. The second kappa shape index (κ2) is 4.65. The lowest BCUT2D eigenvalue weighted by Crippen LogP contribution is -1.87. The largest absolute Gasteiger partial charge is 0.235 e. The van der Waals surface area contributed by atoms with Gasteiger partial charge in [0, 0.05) is 5.88 Å². The number of nitriles is 1. The minimum atomic E-state index is 0.360. The predicted molar refractivity (Wildman–Crippen MR) is 68.5 cm³/mol. The molecule has 16 heavy (non-hydrogen) atoms. The summed E-state index contributed by atoms with van der Waals surface area (Å²) in [6.45, 7) is 1.86. The number of halogens is 1. The first-order valence-corrected chi connectivity index (χ1v) is 6.13. The van der Waals surface area contributed by atoms with Crippen LogP contribution in [0.3, 0.4) is 0 Å². The molecule has 1 aromatic heterocycles. The van der Waals surface area contributed by atoms with E-state index in [1.165, 1.54) is 11.3 Å². The number of hydrogen-bond donors (Lipinski definition) is 0. The van der Waals surface area contributed by atoms with Crippen LogP contribution in [0.5, 0.6) is 0 Å². The molecule has 80 valence electrons. The second-order valence-corrected chi connectivity index (χ2v) is 4.69. The van der Waals surface area contributed by atoms with Crippen molar-refractivity contribution in [1.29, 1.82) is 5.26 Å². The molecule has 0 fully saturated rings. The van der Waals surface area contributed by atoms with E-state index in [0.29, 0.717) is 11.5 Å². The van der Waals surface area contributed by atoms with Gasteiger partial charge in [-0.3, -0.25) is 0 Å². The molecule has 0 N–H and O–H groups in total. The molecule has 0 unspecified atom stereocenters. The molecule has 2 nitrogen and oxygen atoms in total. The van der Waals surface area contributed by atoms with E-state index in [2.05, 4.69) is 11.1 Å². The number of nitrogens with zero attached hydrogens (tertiary/aromatic N) is 2. The monoisotopic (exact) mass is 248 g/mol. The fourth-order valence-electron chi connectivity index (χ4n) is 1.37. The van der Waals surface area contributed by atoms with Crippen LogP contribution in [0, 0.1) is 11.3 Å². The van der Waals surface area contributed by atoms with Crippen molar-refractivity contribution >= 4 is 38.7 Å². The quantitative estimate of drug-likeness (QED) is 0.598. The number of allylic oxidation sites excluding steroid dienone is 2. The molecule has 0 bridgehead atoms. The minimum absolute atomic E-state index is 0.360. The van der Waals surface area contributed by atoms with Crippen molar-refractivity contribution in [3.8, 4) is 6.07 Å². The zero-order valence-electron chi connectivity index (χ0n) is 8.70. The lowest BCUT2D eigenvalue weighted by atomic mass is 10.2. The third kappa shape index (κ3) is 1.95. The Kier molecular flexibility index (Phi) is 3.23. The molecule has 2 rings (SSSR count). The Morgan fingerprint density at radius 1 is 1.50 bits per heavy atom. The lowest BCUT2D eigenvalue weighted by molar-refractivity contribution is 1.36. The highest BCUT2D eigenvalue weighted by atomic mass is 35.5. The van der Waals surface area contributed by atoms with E-state index in [1.54, 1.807) is 0 Å². The summed E-state index contributed by atoms with van der Waals surface area (Å²) in [5.74, 6) is 0.360. The van der Waals surface area contributed by atoms with Gasteiger partial charge in [0.2, 0.25) is 0 Å². The van der Waals surface area contributed by atoms with E-state index in [1.807, 2.05) is 31.2 Å². The van der Waals surface area contributed by atoms with E-state index in [9.17, 15) is 0 Å². The first-order chi connectivity index (χ1) is 7.76. The van der Waals surface area contributed by atoms with E-state index in [4.69, 9.17) is 16.9 Å². The number of alkyl halides is 1. The van der Waals surface area contributed by atoms with Gasteiger partial charge in [0.1, 0.15) is 11.1 Å². The number of fused-ring (bicyclic) bond motifs is 1. The van der Waals surface area contributed by atoms with Gasteiger partial charge >= 0.3 is 0 Å². The minimum Gasteiger partial charge on any atom is -0.235 e. The molecule has 0 spiro atoms. The van der Waals surface area contributed by atoms with Crippen molar-refractivity contribution in [2.45, 2.75) is 6.92 Å². The summed E-state index contributed by atoms with van der Waals surface area (Å²) in [6, 6.07) is 10.0. The highest BCUT2D eigenvalue weighted by Crippen LogP contribution is 2.28. The highest BCUT2D eigenvalue weighted by molar-refractivity contribution is 7.19. The molecule has 0 radical (unpaired) electrons. The maximum absolute atomic E-state index is 9.11. The molecule has 0 atom stereocenters. The Balaban J connectivity index is 2.60. The summed E-state index contributed by atoms with van der Waals surface area (Å²) in [7, 11) is 0. The molecule has 4 heteroatoms. The highest BCUT2D eigenvalue weighted by Gasteiger charge is 2.10. The van der Waals surface area contributed by atoms with E-state index in [0.717, 1.165) is 20.8 Å². The van der Waals surface area contributed by atoms with Crippen molar-refractivity contribution in [3.05, 3.63) is 34.8 Å². The van der Waals surface area contributed by atoms with Gasteiger partial charge in [-0.1, -0.05) is 12.1 Å². The molecule has 0 saturated carbocycles. The van der Waals surface area contributed by atoms with Crippen molar-refractivity contribution < 1.29 is 0 Å². The number of thiazole rings is 1. The van der Waals surface area contributed by atoms with Crippen LogP contribution in [-0.4, -0.2) is 10.9 Å². The number of hydrogen-bond acceptors (Lipinski definition) is 3. The first kappa shape index (κ1) is 11.1. The van der Waals surface area contributed by atoms with Crippen LogP contribution in [0.25, 0.3) is 15.8 Å². The molecule has 1 aromatic carbocycles. The van der Waals surface area contributed by atoms with Gasteiger partial charge < -0.3 is 0 Å². The number of benzene rings is 1. The zero-order chi connectivity index (χ0) is 11.5. The molecule has 0 saturated heterocycles. The van der Waals surface area contributed by atoms with Gasteiger partial charge in [0.05, 0.1) is 15.8 Å². The normalized spacial score (nSPS) is 12.3. The predicted octanol–water partition coefficient (Wildman–Crippen LogP) is 3.83. The van der Waals surface area contributed by atoms with Crippen LogP contribution in [-0.2, 0) is 0 Å². The smallest absolute Gasteiger partial charge is 0.135 e. The van der Waals surface area contributed by atoms with Gasteiger partial charge in [-0.2, -0.15) is 5.26 Å². The van der Waals surface area contributed by atoms with Crippen LogP contribution < -0.4 is 0 Å². The van der Waals surface area contributed by atoms with E-state index in [-0.39, 0.29) is 0 Å². The number of para-hydroxylation sites is 1. The van der Waals surface area contributed by atoms with Crippen molar-refractivity contribution in [2.24, 2.45) is 0 Å². The maximum Gasteiger partial charge on any atom is 0.135 e. The Bertz CT molecular complexity index is 559. The van der Waals surface area contributed by atoms with Gasteiger partial charge in [0.25, 0.3) is 0 Å². The third-order valence-corrected chi connectivity index (χ3v) is 3.70. The Hall–Kier alpha value is -1.37. The fraction of sp³-hybridized carbons (Fsp3) is 0.167. The molecule has 0 aliphatic carbocycles. The van der Waals surface area contributed by atoms with Crippen molar-refractivity contribution in [1.82, 2.24) is 4.98 Å². The van der Waals surface area contributed by atoms with Crippen molar-refractivity contribution in [2.75, 3.05) is 5.88 Å². The molecule has 2 aromatic rings. The summed E-state index contributed by atoms with van der Waals surface area (Å²) in [5.41, 5.74) is 2.39. The molecule has 0 aliphatic heterocycles. The topological polar surface area (TPSA) is 36.7 Å². The average Bonchev–Trinajstić information content (AvgIpc) is 2.72. The number of rotatable bonds is 2. The lowest BCUT2D eigenvalue weighted by Gasteiger charge is -1.96. The molecule has 0 aliphatic rings. The Labute approximate surface area is 103 Å². The molecular formula is C12H9ClN2S. The van der Waals surface area contributed by atoms with Crippen LogP contribution >= 0.6 is 22.9 Å². The van der Waals surface area contributed by atoms with Gasteiger partial charge in [-0.05, 0) is 24.6 Å². The van der Waals surface area contributed by atoms with Crippen LogP contribution in [0.4, 0.5) is 0 Å². The third-order valence-electron chi connectivity index (χ3n) is 2.25.